The van der Waals surface area contributed by atoms with Gasteiger partial charge in [-0.1, -0.05) is 44.4 Å². The zero-order valence-corrected chi connectivity index (χ0v) is 18.4. The van der Waals surface area contributed by atoms with E-state index in [0.29, 0.717) is 12.2 Å². The molecule has 1 atom stereocenters. The molecule has 0 saturated carbocycles. The quantitative estimate of drug-likeness (QED) is 0.614. The second-order valence-electron chi connectivity index (χ2n) is 8.66. The van der Waals surface area contributed by atoms with Crippen LogP contribution in [0.5, 0.6) is 0 Å². The van der Waals surface area contributed by atoms with Gasteiger partial charge in [-0.25, -0.2) is 0 Å². The fourth-order valence-corrected chi connectivity index (χ4v) is 5.38. The number of anilines is 1. The van der Waals surface area contributed by atoms with Crippen LogP contribution in [0, 0.1) is 20.8 Å². The molecular formula is C24H39N3. The Morgan fingerprint density at radius 3 is 2.22 bits per heavy atom. The molecule has 3 nitrogen and oxygen atoms in total. The molecule has 0 N–H and O–H groups in total. The summed E-state index contributed by atoms with van der Waals surface area (Å²) in [5.74, 6) is 0. The second kappa shape index (κ2) is 8.68. The molecular weight excluding hydrogens is 330 g/mol. The predicted octanol–water partition coefficient (Wildman–Crippen LogP) is 5.94. The number of hydrazine groups is 1. The van der Waals surface area contributed by atoms with Gasteiger partial charge in [0.1, 0.15) is 6.17 Å². The molecule has 3 rings (SSSR count). The average Bonchev–Trinajstić information content (AvgIpc) is 2.79. The Balaban J connectivity index is 2.04. The van der Waals surface area contributed by atoms with Crippen molar-refractivity contribution in [2.45, 2.75) is 91.8 Å². The van der Waals surface area contributed by atoms with Crippen LogP contribution in [-0.2, 0) is 0 Å². The van der Waals surface area contributed by atoms with Gasteiger partial charge in [0.15, 0.2) is 0 Å². The Hall–Kier alpha value is -1.48. The number of benzene rings is 1. The van der Waals surface area contributed by atoms with E-state index in [1.807, 2.05) is 0 Å². The molecule has 2 aliphatic heterocycles. The van der Waals surface area contributed by atoms with Gasteiger partial charge in [-0.2, -0.15) is 5.01 Å². The van der Waals surface area contributed by atoms with Crippen molar-refractivity contribution in [1.82, 2.24) is 10.0 Å². The molecule has 1 aromatic rings. The number of fused-ring (bicyclic) bond motifs is 1. The van der Waals surface area contributed by atoms with E-state index >= 15 is 0 Å². The summed E-state index contributed by atoms with van der Waals surface area (Å²) in [6.07, 6.45) is 11.7. The molecule has 0 radical (unpaired) electrons. The Morgan fingerprint density at radius 2 is 1.63 bits per heavy atom. The lowest BCUT2D eigenvalue weighted by Crippen LogP contribution is -2.55. The van der Waals surface area contributed by atoms with Gasteiger partial charge in [-0.05, 0) is 69.6 Å². The number of hydrogen-bond donors (Lipinski definition) is 0. The zero-order valence-electron chi connectivity index (χ0n) is 18.4. The summed E-state index contributed by atoms with van der Waals surface area (Å²) >= 11 is 0. The first-order valence-electron chi connectivity index (χ1n) is 11.0. The van der Waals surface area contributed by atoms with Gasteiger partial charge in [-0.3, -0.25) is 0 Å². The molecule has 2 heterocycles. The molecule has 0 amide bonds. The maximum Gasteiger partial charge on any atom is 0.124 e. The van der Waals surface area contributed by atoms with Crippen LogP contribution in [0.4, 0.5) is 5.69 Å². The van der Waals surface area contributed by atoms with Crippen LogP contribution >= 0.6 is 0 Å². The highest BCUT2D eigenvalue weighted by Gasteiger charge is 2.40. The van der Waals surface area contributed by atoms with Gasteiger partial charge in [-0.15, -0.1) is 0 Å². The number of aryl methyl sites for hydroxylation is 3. The van der Waals surface area contributed by atoms with Gasteiger partial charge in [0, 0.05) is 31.5 Å². The molecule has 0 aromatic heterocycles. The minimum Gasteiger partial charge on any atom is -0.350 e. The van der Waals surface area contributed by atoms with Crippen molar-refractivity contribution in [2.75, 3.05) is 18.5 Å². The van der Waals surface area contributed by atoms with Gasteiger partial charge in [0.25, 0.3) is 0 Å². The van der Waals surface area contributed by atoms with E-state index in [4.69, 9.17) is 0 Å². The van der Waals surface area contributed by atoms with Crippen LogP contribution in [0.15, 0.2) is 23.9 Å². The van der Waals surface area contributed by atoms with Crippen LogP contribution < -0.4 is 4.90 Å². The van der Waals surface area contributed by atoms with E-state index < -0.39 is 0 Å². The van der Waals surface area contributed by atoms with Crippen molar-refractivity contribution < 1.29 is 0 Å². The Kier molecular flexibility index (Phi) is 6.52. The fourth-order valence-electron chi connectivity index (χ4n) is 5.38. The molecule has 3 heteroatoms. The van der Waals surface area contributed by atoms with Crippen LogP contribution in [0.2, 0.25) is 0 Å². The smallest absolute Gasteiger partial charge is 0.124 e. The van der Waals surface area contributed by atoms with E-state index in [1.54, 1.807) is 5.57 Å². The minimum absolute atomic E-state index is 0.390. The van der Waals surface area contributed by atoms with Crippen LogP contribution in [-0.4, -0.2) is 35.8 Å². The van der Waals surface area contributed by atoms with Crippen LogP contribution in [0.3, 0.4) is 0 Å². The first kappa shape index (κ1) is 20.3. The van der Waals surface area contributed by atoms with E-state index in [1.165, 1.54) is 67.3 Å². The topological polar surface area (TPSA) is 9.72 Å². The van der Waals surface area contributed by atoms with E-state index in [9.17, 15) is 0 Å². The van der Waals surface area contributed by atoms with Crippen molar-refractivity contribution in [1.29, 1.82) is 0 Å². The molecule has 1 unspecified atom stereocenters. The zero-order chi connectivity index (χ0) is 19.6. The van der Waals surface area contributed by atoms with E-state index in [2.05, 4.69) is 74.9 Å². The molecule has 2 aliphatic rings. The first-order chi connectivity index (χ1) is 13.0. The normalized spacial score (nSPS) is 20.9. The average molecular weight is 370 g/mol. The largest absolute Gasteiger partial charge is 0.350 e. The van der Waals surface area contributed by atoms with Gasteiger partial charge in [0.2, 0.25) is 0 Å². The predicted molar refractivity (Wildman–Crippen MR) is 117 cm³/mol. The molecule has 1 aromatic carbocycles. The maximum absolute atomic E-state index is 2.73. The minimum atomic E-state index is 0.390. The molecule has 1 saturated heterocycles. The first-order valence-corrected chi connectivity index (χ1v) is 11.0. The highest BCUT2D eigenvalue weighted by molar-refractivity contribution is 5.62. The third-order valence-corrected chi connectivity index (χ3v) is 6.25. The molecule has 0 spiro atoms. The fraction of sp³-hybridized carbons (Fsp3) is 0.667. The van der Waals surface area contributed by atoms with Gasteiger partial charge < -0.3 is 9.91 Å². The lowest BCUT2D eigenvalue weighted by atomic mass is 10.0. The highest BCUT2D eigenvalue weighted by Crippen LogP contribution is 2.39. The molecule has 0 bridgehead atoms. The van der Waals surface area contributed by atoms with Crippen molar-refractivity contribution in [3.63, 3.8) is 0 Å². The monoisotopic (exact) mass is 369 g/mol. The van der Waals surface area contributed by atoms with Gasteiger partial charge in [0.05, 0.1) is 0 Å². The second-order valence-corrected chi connectivity index (χ2v) is 8.66. The van der Waals surface area contributed by atoms with E-state index in [-0.39, 0.29) is 0 Å². The third-order valence-electron chi connectivity index (χ3n) is 6.25. The molecule has 1 fully saturated rings. The standard InChI is InChI=1S/C24H39N3/c1-7-11-22(12-8-2)27-24-21(17-25(27)6)13-9-10-14-26(24)23-19(4)15-18(3)16-20(23)5/h15-17,22,24H,7-14H2,1-6H3. The van der Waals surface area contributed by atoms with Crippen LogP contribution in [0.1, 0.15) is 75.5 Å². The van der Waals surface area contributed by atoms with Crippen molar-refractivity contribution >= 4 is 5.69 Å². The van der Waals surface area contributed by atoms with Crippen molar-refractivity contribution in [2.24, 2.45) is 0 Å². The summed E-state index contributed by atoms with van der Waals surface area (Å²) in [6, 6.07) is 5.33. The summed E-state index contributed by atoms with van der Waals surface area (Å²) in [5.41, 5.74) is 7.28. The van der Waals surface area contributed by atoms with Gasteiger partial charge >= 0.3 is 0 Å². The SMILES string of the molecule is CCCC(CCC)N1C2C(=CN1C)CCCCN2c1c(C)cc(C)cc1C. The summed E-state index contributed by atoms with van der Waals surface area (Å²) < 4.78 is 0. The summed E-state index contributed by atoms with van der Waals surface area (Å²) in [5, 5.41) is 5.11. The molecule has 27 heavy (non-hydrogen) atoms. The van der Waals surface area contributed by atoms with Crippen LogP contribution in [0.25, 0.3) is 0 Å². The third kappa shape index (κ3) is 4.03. The Morgan fingerprint density at radius 1 is 1.00 bits per heavy atom. The molecule has 0 aliphatic carbocycles. The Labute approximate surface area is 167 Å². The van der Waals surface area contributed by atoms with Crippen molar-refractivity contribution in [3.05, 3.63) is 40.6 Å². The number of rotatable bonds is 6. The lowest BCUT2D eigenvalue weighted by Gasteiger charge is -2.44. The summed E-state index contributed by atoms with van der Waals surface area (Å²) in [6.45, 7) is 12.6. The molecule has 150 valence electrons. The number of hydrogen-bond acceptors (Lipinski definition) is 3. The lowest BCUT2D eigenvalue weighted by molar-refractivity contribution is -0.0165. The van der Waals surface area contributed by atoms with Crippen molar-refractivity contribution in [3.8, 4) is 0 Å². The van der Waals surface area contributed by atoms with E-state index in [0.717, 1.165) is 6.54 Å². The number of nitrogens with zero attached hydrogens (tertiary/aromatic N) is 3. The maximum atomic E-state index is 2.73. The summed E-state index contributed by atoms with van der Waals surface area (Å²) in [7, 11) is 2.26. The highest BCUT2D eigenvalue weighted by atomic mass is 15.7. The summed E-state index contributed by atoms with van der Waals surface area (Å²) in [4.78, 5) is 2.73. The Bertz CT molecular complexity index is 649.